The largest absolute Gasteiger partial charge is 0.394 e. The van der Waals surface area contributed by atoms with E-state index in [9.17, 15) is 12.8 Å². The summed E-state index contributed by atoms with van der Waals surface area (Å²) in [7, 11) is -2.28. The standard InChI is InChI=1S/C13H16FN3O3S/c1-16(9-11-3-2-4-12(14)7-11)21(19,20)13-8-15-17(10-13)5-6-18/h2-4,7-8,10,18H,5-6,9H2,1H3. The SMILES string of the molecule is CN(Cc1cccc(F)c1)S(=O)(=O)c1cnn(CCO)c1. The molecule has 0 spiro atoms. The summed E-state index contributed by atoms with van der Waals surface area (Å²) >= 11 is 0. The quantitative estimate of drug-likeness (QED) is 0.857. The molecule has 1 aromatic carbocycles. The molecular formula is C13H16FN3O3S. The fraction of sp³-hybridized carbons (Fsp3) is 0.308. The Kier molecular flexibility index (Phi) is 4.71. The van der Waals surface area contributed by atoms with E-state index < -0.39 is 15.8 Å². The highest BCUT2D eigenvalue weighted by molar-refractivity contribution is 7.89. The molecule has 8 heteroatoms. The minimum Gasteiger partial charge on any atom is -0.394 e. The van der Waals surface area contributed by atoms with Crippen molar-refractivity contribution >= 4 is 10.0 Å². The van der Waals surface area contributed by atoms with Crippen molar-refractivity contribution in [3.8, 4) is 0 Å². The highest BCUT2D eigenvalue weighted by Gasteiger charge is 2.22. The third-order valence-electron chi connectivity index (χ3n) is 2.94. The van der Waals surface area contributed by atoms with Gasteiger partial charge in [-0.2, -0.15) is 9.40 Å². The topological polar surface area (TPSA) is 75.4 Å². The summed E-state index contributed by atoms with van der Waals surface area (Å²) in [6.07, 6.45) is 2.58. The number of aliphatic hydroxyl groups is 1. The molecule has 2 aromatic rings. The van der Waals surface area contributed by atoms with Crippen LogP contribution in [0.15, 0.2) is 41.6 Å². The maximum Gasteiger partial charge on any atom is 0.246 e. The van der Waals surface area contributed by atoms with Crippen LogP contribution in [0.25, 0.3) is 0 Å². The van der Waals surface area contributed by atoms with Gasteiger partial charge in [-0.3, -0.25) is 4.68 Å². The number of aliphatic hydroxyl groups excluding tert-OH is 1. The molecule has 21 heavy (non-hydrogen) atoms. The summed E-state index contributed by atoms with van der Waals surface area (Å²) in [6.45, 7) is 0.161. The number of aromatic nitrogens is 2. The molecule has 0 saturated carbocycles. The molecule has 1 N–H and O–H groups in total. The van der Waals surface area contributed by atoms with Crippen LogP contribution in [0.4, 0.5) is 4.39 Å². The smallest absolute Gasteiger partial charge is 0.246 e. The fourth-order valence-electron chi connectivity index (χ4n) is 1.86. The summed E-state index contributed by atoms with van der Waals surface area (Å²) in [5, 5.41) is 12.7. The molecule has 1 aromatic heterocycles. The predicted molar refractivity (Wildman–Crippen MR) is 74.4 cm³/mol. The summed E-state index contributed by atoms with van der Waals surface area (Å²) in [5.74, 6) is -0.408. The van der Waals surface area contributed by atoms with Crippen molar-refractivity contribution in [2.24, 2.45) is 0 Å². The molecule has 2 rings (SSSR count). The van der Waals surface area contributed by atoms with E-state index in [-0.39, 0.29) is 24.6 Å². The number of benzene rings is 1. The maximum atomic E-state index is 13.1. The van der Waals surface area contributed by atoms with Crippen LogP contribution in [-0.4, -0.2) is 41.3 Å². The van der Waals surface area contributed by atoms with Gasteiger partial charge in [-0.05, 0) is 17.7 Å². The lowest BCUT2D eigenvalue weighted by Gasteiger charge is -2.16. The van der Waals surface area contributed by atoms with Crippen LogP contribution in [0.3, 0.4) is 0 Å². The molecular weight excluding hydrogens is 297 g/mol. The first-order valence-electron chi connectivity index (χ1n) is 6.27. The molecule has 0 unspecified atom stereocenters. The molecule has 114 valence electrons. The third-order valence-corrected chi connectivity index (χ3v) is 4.70. The van der Waals surface area contributed by atoms with Gasteiger partial charge >= 0.3 is 0 Å². The van der Waals surface area contributed by atoms with E-state index in [0.29, 0.717) is 5.56 Å². The Morgan fingerprint density at radius 2 is 2.19 bits per heavy atom. The van der Waals surface area contributed by atoms with Crippen molar-refractivity contribution in [2.75, 3.05) is 13.7 Å². The van der Waals surface area contributed by atoms with Crippen molar-refractivity contribution in [3.05, 3.63) is 48.0 Å². The lowest BCUT2D eigenvalue weighted by molar-refractivity contribution is 0.269. The molecule has 1 heterocycles. The second-order valence-electron chi connectivity index (χ2n) is 4.55. The van der Waals surface area contributed by atoms with E-state index in [2.05, 4.69) is 5.10 Å². The van der Waals surface area contributed by atoms with E-state index >= 15 is 0 Å². The van der Waals surface area contributed by atoms with Crippen LogP contribution < -0.4 is 0 Å². The average Bonchev–Trinajstić information content (AvgIpc) is 2.88. The van der Waals surface area contributed by atoms with Crippen molar-refractivity contribution < 1.29 is 17.9 Å². The summed E-state index contributed by atoms with van der Waals surface area (Å²) in [5.41, 5.74) is 0.559. The molecule has 0 atom stereocenters. The van der Waals surface area contributed by atoms with Crippen LogP contribution in [0.5, 0.6) is 0 Å². The van der Waals surface area contributed by atoms with Gasteiger partial charge in [0, 0.05) is 19.8 Å². The highest BCUT2D eigenvalue weighted by atomic mass is 32.2. The van der Waals surface area contributed by atoms with Gasteiger partial charge in [0.15, 0.2) is 0 Å². The van der Waals surface area contributed by atoms with Crippen LogP contribution in [0, 0.1) is 5.82 Å². The Balaban J connectivity index is 2.17. The zero-order valence-electron chi connectivity index (χ0n) is 11.5. The fourth-order valence-corrected chi connectivity index (χ4v) is 2.97. The molecule has 0 saturated heterocycles. The Morgan fingerprint density at radius 3 is 2.86 bits per heavy atom. The number of sulfonamides is 1. The maximum absolute atomic E-state index is 13.1. The van der Waals surface area contributed by atoms with Gasteiger partial charge < -0.3 is 5.11 Å². The van der Waals surface area contributed by atoms with Gasteiger partial charge in [0.1, 0.15) is 10.7 Å². The summed E-state index contributed by atoms with van der Waals surface area (Å²) in [6, 6.07) is 5.78. The first-order chi connectivity index (χ1) is 9.93. The zero-order chi connectivity index (χ0) is 15.5. The minimum atomic E-state index is -3.70. The van der Waals surface area contributed by atoms with Crippen molar-refractivity contribution in [1.82, 2.24) is 14.1 Å². The lowest BCUT2D eigenvalue weighted by Crippen LogP contribution is -2.26. The minimum absolute atomic E-state index is 0.0369. The summed E-state index contributed by atoms with van der Waals surface area (Å²) < 4.78 is 40.3. The van der Waals surface area contributed by atoms with Crippen LogP contribution in [-0.2, 0) is 23.1 Å². The zero-order valence-corrected chi connectivity index (χ0v) is 12.3. The number of halogens is 1. The van der Waals surface area contributed by atoms with Crippen molar-refractivity contribution in [1.29, 1.82) is 0 Å². The predicted octanol–water partition coefficient (Wildman–Crippen LogP) is 0.835. The number of hydrogen-bond donors (Lipinski definition) is 1. The van der Waals surface area contributed by atoms with Gasteiger partial charge in [-0.1, -0.05) is 12.1 Å². The lowest BCUT2D eigenvalue weighted by atomic mass is 10.2. The third kappa shape index (κ3) is 3.66. The van der Waals surface area contributed by atoms with E-state index in [1.54, 1.807) is 6.07 Å². The van der Waals surface area contributed by atoms with E-state index in [1.165, 1.54) is 42.3 Å². The second-order valence-corrected chi connectivity index (χ2v) is 6.60. The Bertz CT molecular complexity index is 715. The summed E-state index contributed by atoms with van der Waals surface area (Å²) in [4.78, 5) is 0.0369. The van der Waals surface area contributed by atoms with E-state index in [4.69, 9.17) is 5.11 Å². The van der Waals surface area contributed by atoms with Crippen molar-refractivity contribution in [3.63, 3.8) is 0 Å². The first kappa shape index (κ1) is 15.6. The molecule has 0 aliphatic rings. The van der Waals surface area contributed by atoms with E-state index in [1.807, 2.05) is 0 Å². The number of nitrogens with zero attached hydrogens (tertiary/aromatic N) is 3. The Labute approximate surface area is 122 Å². The van der Waals surface area contributed by atoms with Gasteiger partial charge in [0.2, 0.25) is 10.0 Å². The Morgan fingerprint density at radius 1 is 1.43 bits per heavy atom. The van der Waals surface area contributed by atoms with Gasteiger partial charge in [-0.25, -0.2) is 12.8 Å². The van der Waals surface area contributed by atoms with Gasteiger partial charge in [0.05, 0.1) is 19.3 Å². The molecule has 6 nitrogen and oxygen atoms in total. The molecule has 0 aliphatic carbocycles. The molecule has 0 fully saturated rings. The second kappa shape index (κ2) is 6.33. The van der Waals surface area contributed by atoms with E-state index in [0.717, 1.165) is 4.31 Å². The van der Waals surface area contributed by atoms with Crippen LogP contribution in [0.1, 0.15) is 5.56 Å². The number of hydrogen-bond acceptors (Lipinski definition) is 4. The Hall–Kier alpha value is -1.77. The molecule has 0 radical (unpaired) electrons. The normalized spacial score (nSPS) is 12.0. The average molecular weight is 313 g/mol. The van der Waals surface area contributed by atoms with Gasteiger partial charge in [0.25, 0.3) is 0 Å². The molecule has 0 bridgehead atoms. The first-order valence-corrected chi connectivity index (χ1v) is 7.71. The van der Waals surface area contributed by atoms with Crippen LogP contribution in [0.2, 0.25) is 0 Å². The highest BCUT2D eigenvalue weighted by Crippen LogP contribution is 2.16. The number of rotatable bonds is 6. The van der Waals surface area contributed by atoms with Gasteiger partial charge in [-0.15, -0.1) is 0 Å². The monoisotopic (exact) mass is 313 g/mol. The van der Waals surface area contributed by atoms with Crippen molar-refractivity contribution in [2.45, 2.75) is 18.0 Å². The molecule has 0 amide bonds. The molecule has 0 aliphatic heterocycles. The van der Waals surface area contributed by atoms with Crippen LogP contribution >= 0.6 is 0 Å².